The van der Waals surface area contributed by atoms with Crippen LogP contribution in [0.4, 0.5) is 0 Å². The first-order chi connectivity index (χ1) is 17.8. The predicted octanol–water partition coefficient (Wildman–Crippen LogP) is 4.94. The summed E-state index contributed by atoms with van der Waals surface area (Å²) in [5.41, 5.74) is 2.86. The van der Waals surface area contributed by atoms with Crippen LogP contribution in [-0.4, -0.2) is 58.9 Å². The van der Waals surface area contributed by atoms with Gasteiger partial charge in [0.25, 0.3) is 5.91 Å². The molecule has 37 heavy (non-hydrogen) atoms. The fourth-order valence-corrected chi connectivity index (χ4v) is 6.69. The molecule has 1 aliphatic carbocycles. The second-order valence-corrected chi connectivity index (χ2v) is 11.0. The average molecular weight is 502 g/mol. The van der Waals surface area contributed by atoms with E-state index < -0.39 is 5.54 Å². The number of para-hydroxylation sites is 1. The number of benzene rings is 2. The summed E-state index contributed by atoms with van der Waals surface area (Å²) in [7, 11) is 1.64. The Hall–Kier alpha value is -3.48. The van der Waals surface area contributed by atoms with E-state index in [9.17, 15) is 9.59 Å². The zero-order valence-electron chi connectivity index (χ0n) is 22.0. The number of rotatable bonds is 5. The summed E-state index contributed by atoms with van der Waals surface area (Å²) >= 11 is 0. The number of aromatic amines is 1. The van der Waals surface area contributed by atoms with Crippen LogP contribution in [0.5, 0.6) is 11.5 Å². The van der Waals surface area contributed by atoms with Crippen molar-refractivity contribution in [2.45, 2.75) is 70.1 Å². The van der Waals surface area contributed by atoms with E-state index in [2.05, 4.69) is 17.1 Å². The molecule has 2 aliphatic heterocycles. The van der Waals surface area contributed by atoms with E-state index >= 15 is 0 Å². The first-order valence-corrected chi connectivity index (χ1v) is 13.4. The summed E-state index contributed by atoms with van der Waals surface area (Å²) in [4.78, 5) is 35.2. The van der Waals surface area contributed by atoms with Gasteiger partial charge in [-0.2, -0.15) is 0 Å². The standard InChI is InChI=1S/C30H35N3O4/c1-18(2)37-24-14-13-19(15-25(24)36-4)22-16-33-26(34)17-32(20-9-5-6-10-20)29(35)30(33,3)28-27(22)21-11-7-8-12-23(21)31-28/h7-8,11-15,18,20,22,31H,5-6,9-10,16-17H2,1-4H3/t22-,30-/m0/s1. The Labute approximate surface area is 217 Å². The largest absolute Gasteiger partial charge is 0.493 e. The zero-order chi connectivity index (χ0) is 25.9. The Kier molecular flexibility index (Phi) is 5.70. The van der Waals surface area contributed by atoms with E-state index in [0.29, 0.717) is 18.0 Å². The van der Waals surface area contributed by atoms with Crippen molar-refractivity contribution >= 4 is 22.7 Å². The highest BCUT2D eigenvalue weighted by Crippen LogP contribution is 2.49. The minimum Gasteiger partial charge on any atom is -0.493 e. The summed E-state index contributed by atoms with van der Waals surface area (Å²) in [6.45, 7) is 6.50. The van der Waals surface area contributed by atoms with Crippen molar-refractivity contribution in [3.63, 3.8) is 0 Å². The molecule has 0 unspecified atom stereocenters. The number of methoxy groups -OCH3 is 1. The molecule has 3 heterocycles. The number of carbonyl (C=O) groups excluding carboxylic acids is 2. The predicted molar refractivity (Wildman–Crippen MR) is 142 cm³/mol. The van der Waals surface area contributed by atoms with Gasteiger partial charge in [0.05, 0.1) is 18.9 Å². The van der Waals surface area contributed by atoms with Crippen LogP contribution in [0.25, 0.3) is 10.9 Å². The lowest BCUT2D eigenvalue weighted by Crippen LogP contribution is -2.68. The van der Waals surface area contributed by atoms with Gasteiger partial charge in [-0.25, -0.2) is 0 Å². The van der Waals surface area contributed by atoms with E-state index in [0.717, 1.165) is 53.4 Å². The van der Waals surface area contributed by atoms with Gasteiger partial charge in [0.2, 0.25) is 5.91 Å². The Morgan fingerprint density at radius 2 is 1.81 bits per heavy atom. The quantitative estimate of drug-likeness (QED) is 0.538. The summed E-state index contributed by atoms with van der Waals surface area (Å²) in [5.74, 6) is 1.28. The molecule has 7 nitrogen and oxygen atoms in total. The normalized spacial score (nSPS) is 24.1. The highest BCUT2D eigenvalue weighted by Gasteiger charge is 2.57. The van der Waals surface area contributed by atoms with Crippen molar-refractivity contribution in [3.05, 3.63) is 59.3 Å². The minimum atomic E-state index is -1.06. The molecule has 1 saturated heterocycles. The van der Waals surface area contributed by atoms with Gasteiger partial charge in [-0.05, 0) is 62.9 Å². The van der Waals surface area contributed by atoms with E-state index in [4.69, 9.17) is 9.47 Å². The van der Waals surface area contributed by atoms with Gasteiger partial charge in [0, 0.05) is 29.4 Å². The molecule has 2 atom stereocenters. The summed E-state index contributed by atoms with van der Waals surface area (Å²) in [6.07, 6.45) is 4.20. The molecule has 3 aromatic rings. The maximum atomic E-state index is 14.2. The third kappa shape index (κ3) is 3.62. The van der Waals surface area contributed by atoms with Gasteiger partial charge in [-0.1, -0.05) is 37.1 Å². The second kappa shape index (κ2) is 8.82. The van der Waals surface area contributed by atoms with Crippen molar-refractivity contribution in [1.82, 2.24) is 14.8 Å². The minimum absolute atomic E-state index is 0.00929. The van der Waals surface area contributed by atoms with E-state index in [1.807, 2.05) is 60.9 Å². The lowest BCUT2D eigenvalue weighted by molar-refractivity contribution is -0.168. The van der Waals surface area contributed by atoms with E-state index in [-0.39, 0.29) is 36.4 Å². The highest BCUT2D eigenvalue weighted by molar-refractivity contribution is 6.01. The van der Waals surface area contributed by atoms with Crippen LogP contribution in [0.1, 0.15) is 69.2 Å². The molecule has 3 aliphatic rings. The molecule has 1 N–H and O–H groups in total. The molecule has 0 radical (unpaired) electrons. The van der Waals surface area contributed by atoms with Crippen LogP contribution in [0.15, 0.2) is 42.5 Å². The van der Waals surface area contributed by atoms with Crippen molar-refractivity contribution in [3.8, 4) is 11.5 Å². The fraction of sp³-hybridized carbons (Fsp3) is 0.467. The third-order valence-corrected chi connectivity index (χ3v) is 8.49. The Morgan fingerprint density at radius 3 is 2.54 bits per heavy atom. The number of nitrogens with one attached hydrogen (secondary N) is 1. The first-order valence-electron chi connectivity index (χ1n) is 13.4. The number of aromatic nitrogens is 1. The molecule has 0 spiro atoms. The Bertz CT molecular complexity index is 1370. The number of H-pyrrole nitrogens is 1. The number of fused-ring (bicyclic) bond motifs is 5. The summed E-state index contributed by atoms with van der Waals surface area (Å²) in [6, 6.07) is 14.3. The topological polar surface area (TPSA) is 74.9 Å². The smallest absolute Gasteiger partial charge is 0.255 e. The van der Waals surface area contributed by atoms with Gasteiger partial charge < -0.3 is 24.3 Å². The number of carbonyl (C=O) groups is 2. The molecule has 1 aromatic heterocycles. The second-order valence-electron chi connectivity index (χ2n) is 11.0. The average Bonchev–Trinajstić information content (AvgIpc) is 3.55. The summed E-state index contributed by atoms with van der Waals surface area (Å²) < 4.78 is 11.6. The molecule has 6 rings (SSSR count). The van der Waals surface area contributed by atoms with Gasteiger partial charge in [0.15, 0.2) is 17.0 Å². The SMILES string of the molecule is COc1cc([C@@H]2CN3C(=O)CN(C4CCCC4)C(=O)[C@]3(C)c3[nH]c4ccccc4c32)ccc1OC(C)C. The van der Waals surface area contributed by atoms with E-state index in [1.165, 1.54) is 0 Å². The van der Waals surface area contributed by atoms with Crippen LogP contribution >= 0.6 is 0 Å². The number of piperazine rings is 1. The van der Waals surface area contributed by atoms with Crippen molar-refractivity contribution in [2.75, 3.05) is 20.2 Å². The first kappa shape index (κ1) is 23.9. The van der Waals surface area contributed by atoms with E-state index in [1.54, 1.807) is 7.11 Å². The van der Waals surface area contributed by atoms with Gasteiger partial charge in [0.1, 0.15) is 6.54 Å². The van der Waals surface area contributed by atoms with Crippen molar-refractivity contribution < 1.29 is 19.1 Å². The molecule has 2 aromatic carbocycles. The van der Waals surface area contributed by atoms with Gasteiger partial charge >= 0.3 is 0 Å². The highest BCUT2D eigenvalue weighted by atomic mass is 16.5. The lowest BCUT2D eigenvalue weighted by Gasteiger charge is -2.52. The zero-order valence-corrected chi connectivity index (χ0v) is 22.0. The van der Waals surface area contributed by atoms with Crippen LogP contribution < -0.4 is 9.47 Å². The van der Waals surface area contributed by atoms with Crippen molar-refractivity contribution in [2.24, 2.45) is 0 Å². The van der Waals surface area contributed by atoms with Gasteiger partial charge in [-0.15, -0.1) is 0 Å². The molecule has 0 bridgehead atoms. The van der Waals surface area contributed by atoms with Crippen molar-refractivity contribution in [1.29, 1.82) is 0 Å². The number of ether oxygens (including phenoxy) is 2. The van der Waals surface area contributed by atoms with Crippen LogP contribution in [0.3, 0.4) is 0 Å². The molecule has 2 amide bonds. The summed E-state index contributed by atoms with van der Waals surface area (Å²) in [5, 5.41) is 1.09. The maximum absolute atomic E-state index is 14.2. The molecular weight excluding hydrogens is 466 g/mol. The fourth-order valence-electron chi connectivity index (χ4n) is 6.69. The molecular formula is C30H35N3O4. The number of nitrogens with zero attached hydrogens (tertiary/aromatic N) is 2. The van der Waals surface area contributed by atoms with Crippen LogP contribution in [0, 0.1) is 0 Å². The Morgan fingerprint density at radius 1 is 1.05 bits per heavy atom. The lowest BCUT2D eigenvalue weighted by atomic mass is 9.76. The Balaban J connectivity index is 1.51. The molecule has 1 saturated carbocycles. The third-order valence-electron chi connectivity index (χ3n) is 8.49. The monoisotopic (exact) mass is 501 g/mol. The van der Waals surface area contributed by atoms with Crippen LogP contribution in [-0.2, 0) is 15.1 Å². The maximum Gasteiger partial charge on any atom is 0.255 e. The molecule has 194 valence electrons. The number of hydrogen-bond donors (Lipinski definition) is 1. The molecule has 2 fully saturated rings. The molecule has 7 heteroatoms. The van der Waals surface area contributed by atoms with Gasteiger partial charge in [-0.3, -0.25) is 9.59 Å². The number of amides is 2. The number of hydrogen-bond acceptors (Lipinski definition) is 4. The van der Waals surface area contributed by atoms with Crippen LogP contribution in [0.2, 0.25) is 0 Å².